The number of unbranched alkanes of at least 4 members (excludes halogenated alkanes) is 1. The first kappa shape index (κ1) is 14.5. The van der Waals surface area contributed by atoms with E-state index in [2.05, 4.69) is 28.2 Å². The maximum Gasteiger partial charge on any atom is 0.241 e. The van der Waals surface area contributed by atoms with Gasteiger partial charge in [-0.2, -0.15) is 0 Å². The van der Waals surface area contributed by atoms with Crippen LogP contribution in [0, 0.1) is 0 Å². The van der Waals surface area contributed by atoms with Gasteiger partial charge < -0.3 is 11.1 Å². The number of carbonyl (C=O) groups is 1. The van der Waals surface area contributed by atoms with Crippen LogP contribution in [0.25, 0.3) is 0 Å². The first-order valence-electron chi connectivity index (χ1n) is 5.56. The van der Waals surface area contributed by atoms with Crippen molar-refractivity contribution in [2.75, 3.05) is 5.32 Å². The van der Waals surface area contributed by atoms with Gasteiger partial charge in [0.2, 0.25) is 5.91 Å². The molecule has 0 saturated carbocycles. The molecule has 0 aromatic heterocycles. The molecule has 94 valence electrons. The molecule has 1 amide bonds. The third-order valence-corrected chi connectivity index (χ3v) is 3.29. The van der Waals surface area contributed by atoms with Gasteiger partial charge in [0, 0.05) is 9.50 Å². The number of rotatable bonds is 5. The molecule has 0 aliphatic rings. The van der Waals surface area contributed by atoms with E-state index < -0.39 is 6.04 Å². The van der Waals surface area contributed by atoms with Crippen molar-refractivity contribution < 1.29 is 4.79 Å². The van der Waals surface area contributed by atoms with Crippen molar-refractivity contribution in [1.29, 1.82) is 0 Å². The predicted octanol–water partition coefficient (Wildman–Crippen LogP) is 3.56. The molecule has 0 heterocycles. The molecule has 0 spiro atoms. The number of anilines is 1. The summed E-state index contributed by atoms with van der Waals surface area (Å²) in [5, 5.41) is 3.39. The summed E-state index contributed by atoms with van der Waals surface area (Å²) >= 11 is 9.15. The molecule has 3 N–H and O–H groups in total. The van der Waals surface area contributed by atoms with Crippen molar-refractivity contribution in [3.63, 3.8) is 0 Å². The molecule has 1 atom stereocenters. The molecule has 1 rings (SSSR count). The van der Waals surface area contributed by atoms with Crippen LogP contribution in [0.3, 0.4) is 0 Å². The number of hydrogen-bond acceptors (Lipinski definition) is 2. The zero-order valence-electron chi connectivity index (χ0n) is 9.67. The SMILES string of the molecule is CCCC[C@H](N)C(=O)Nc1ccc(Cl)cc1Br. The minimum absolute atomic E-state index is 0.165. The van der Waals surface area contributed by atoms with E-state index in [-0.39, 0.29) is 5.91 Å². The number of nitrogens with one attached hydrogen (secondary N) is 1. The van der Waals surface area contributed by atoms with Gasteiger partial charge in [-0.25, -0.2) is 0 Å². The maximum atomic E-state index is 11.8. The number of benzene rings is 1. The summed E-state index contributed by atoms with van der Waals surface area (Å²) in [7, 11) is 0. The number of carbonyl (C=O) groups excluding carboxylic acids is 1. The Kier molecular flexibility index (Phi) is 5.95. The number of halogens is 2. The number of hydrogen-bond donors (Lipinski definition) is 2. The molecule has 0 unspecified atom stereocenters. The first-order valence-corrected chi connectivity index (χ1v) is 6.73. The van der Waals surface area contributed by atoms with Gasteiger partial charge in [0.25, 0.3) is 0 Å². The second-order valence-corrected chi connectivity index (χ2v) is 5.15. The quantitative estimate of drug-likeness (QED) is 0.872. The zero-order chi connectivity index (χ0) is 12.8. The monoisotopic (exact) mass is 318 g/mol. The van der Waals surface area contributed by atoms with Crippen LogP contribution in [0.1, 0.15) is 26.2 Å². The van der Waals surface area contributed by atoms with Crippen molar-refractivity contribution in [3.8, 4) is 0 Å². The topological polar surface area (TPSA) is 55.1 Å². The molecule has 17 heavy (non-hydrogen) atoms. The fourth-order valence-electron chi connectivity index (χ4n) is 1.37. The summed E-state index contributed by atoms with van der Waals surface area (Å²) in [6.07, 6.45) is 2.69. The lowest BCUT2D eigenvalue weighted by molar-refractivity contribution is -0.117. The van der Waals surface area contributed by atoms with Gasteiger partial charge in [-0.05, 0) is 40.5 Å². The van der Waals surface area contributed by atoms with E-state index in [1.807, 2.05) is 0 Å². The van der Waals surface area contributed by atoms with E-state index in [0.29, 0.717) is 17.1 Å². The van der Waals surface area contributed by atoms with Gasteiger partial charge in [-0.15, -0.1) is 0 Å². The van der Waals surface area contributed by atoms with Crippen LogP contribution >= 0.6 is 27.5 Å². The van der Waals surface area contributed by atoms with Crippen LogP contribution in [0.5, 0.6) is 0 Å². The Labute approximate surface area is 115 Å². The lowest BCUT2D eigenvalue weighted by atomic mass is 10.1. The Morgan fingerprint density at radius 2 is 2.29 bits per heavy atom. The molecule has 0 saturated heterocycles. The van der Waals surface area contributed by atoms with Gasteiger partial charge in [0.05, 0.1) is 11.7 Å². The minimum Gasteiger partial charge on any atom is -0.324 e. The van der Waals surface area contributed by atoms with Crippen molar-refractivity contribution in [3.05, 3.63) is 27.7 Å². The molecule has 0 radical (unpaired) electrons. The number of amides is 1. The molecule has 3 nitrogen and oxygen atoms in total. The Hall–Kier alpha value is -0.580. The standard InChI is InChI=1S/C12H16BrClN2O/c1-2-3-4-10(15)12(17)16-11-6-5-8(14)7-9(11)13/h5-7,10H,2-4,15H2,1H3,(H,16,17)/t10-/m0/s1. The van der Waals surface area contributed by atoms with Gasteiger partial charge in [-0.3, -0.25) is 4.79 Å². The second kappa shape index (κ2) is 6.99. The molecule has 0 aliphatic carbocycles. The molecule has 0 fully saturated rings. The molecule has 0 aliphatic heterocycles. The van der Waals surface area contributed by atoms with E-state index in [1.54, 1.807) is 18.2 Å². The van der Waals surface area contributed by atoms with Gasteiger partial charge in [0.1, 0.15) is 0 Å². The van der Waals surface area contributed by atoms with Crippen molar-refractivity contribution >= 4 is 39.1 Å². The highest BCUT2D eigenvalue weighted by Gasteiger charge is 2.13. The maximum absolute atomic E-state index is 11.8. The highest BCUT2D eigenvalue weighted by Crippen LogP contribution is 2.25. The van der Waals surface area contributed by atoms with E-state index in [1.165, 1.54) is 0 Å². The third-order valence-electron chi connectivity index (χ3n) is 2.39. The summed E-state index contributed by atoms with van der Waals surface area (Å²) in [5.41, 5.74) is 6.46. The summed E-state index contributed by atoms with van der Waals surface area (Å²) in [6, 6.07) is 4.74. The van der Waals surface area contributed by atoms with Gasteiger partial charge in [-0.1, -0.05) is 31.4 Å². The smallest absolute Gasteiger partial charge is 0.241 e. The van der Waals surface area contributed by atoms with Crippen molar-refractivity contribution in [1.82, 2.24) is 0 Å². The minimum atomic E-state index is -0.461. The first-order chi connectivity index (χ1) is 8.04. The van der Waals surface area contributed by atoms with Crippen LogP contribution < -0.4 is 11.1 Å². The van der Waals surface area contributed by atoms with Crippen LogP contribution in [-0.2, 0) is 4.79 Å². The largest absolute Gasteiger partial charge is 0.324 e. The van der Waals surface area contributed by atoms with Crippen LogP contribution in [0.4, 0.5) is 5.69 Å². The van der Waals surface area contributed by atoms with Crippen LogP contribution in [0.15, 0.2) is 22.7 Å². The van der Waals surface area contributed by atoms with Gasteiger partial charge >= 0.3 is 0 Å². The van der Waals surface area contributed by atoms with Crippen LogP contribution in [0.2, 0.25) is 5.02 Å². The van der Waals surface area contributed by atoms with E-state index in [4.69, 9.17) is 17.3 Å². The van der Waals surface area contributed by atoms with E-state index >= 15 is 0 Å². The Morgan fingerprint density at radius 1 is 1.59 bits per heavy atom. The summed E-state index contributed by atoms with van der Waals surface area (Å²) in [4.78, 5) is 11.8. The summed E-state index contributed by atoms with van der Waals surface area (Å²) < 4.78 is 0.751. The Morgan fingerprint density at radius 3 is 2.88 bits per heavy atom. The highest BCUT2D eigenvalue weighted by atomic mass is 79.9. The fraction of sp³-hybridized carbons (Fsp3) is 0.417. The normalized spacial score (nSPS) is 12.2. The molecular weight excluding hydrogens is 304 g/mol. The third kappa shape index (κ3) is 4.66. The molecule has 0 bridgehead atoms. The van der Waals surface area contributed by atoms with Gasteiger partial charge in [0.15, 0.2) is 0 Å². The Bertz CT molecular complexity index is 398. The lowest BCUT2D eigenvalue weighted by Gasteiger charge is -2.12. The highest BCUT2D eigenvalue weighted by molar-refractivity contribution is 9.10. The molecule has 5 heteroatoms. The van der Waals surface area contributed by atoms with E-state index in [0.717, 1.165) is 17.3 Å². The lowest BCUT2D eigenvalue weighted by Crippen LogP contribution is -2.35. The molecular formula is C12H16BrClN2O. The fourth-order valence-corrected chi connectivity index (χ4v) is 2.15. The zero-order valence-corrected chi connectivity index (χ0v) is 12.0. The Balaban J connectivity index is 2.61. The summed E-state index contributed by atoms with van der Waals surface area (Å²) in [6.45, 7) is 2.07. The summed E-state index contributed by atoms with van der Waals surface area (Å²) in [5.74, 6) is -0.165. The second-order valence-electron chi connectivity index (χ2n) is 3.86. The average Bonchev–Trinajstić information content (AvgIpc) is 2.29. The molecule has 1 aromatic carbocycles. The van der Waals surface area contributed by atoms with Crippen molar-refractivity contribution in [2.24, 2.45) is 5.73 Å². The molecule has 1 aromatic rings. The van der Waals surface area contributed by atoms with Crippen molar-refractivity contribution in [2.45, 2.75) is 32.2 Å². The predicted molar refractivity (Wildman–Crippen MR) is 75.3 cm³/mol. The average molecular weight is 320 g/mol. The van der Waals surface area contributed by atoms with E-state index in [9.17, 15) is 4.79 Å². The number of nitrogens with two attached hydrogens (primary N) is 1. The van der Waals surface area contributed by atoms with Crippen LogP contribution in [-0.4, -0.2) is 11.9 Å².